The van der Waals surface area contributed by atoms with Crippen LogP contribution in [0.2, 0.25) is 0 Å². The quantitative estimate of drug-likeness (QED) is 0.653. The molecule has 0 aromatic rings. The van der Waals surface area contributed by atoms with E-state index in [9.17, 15) is 4.39 Å². The van der Waals surface area contributed by atoms with Crippen molar-refractivity contribution < 1.29 is 9.41 Å². The number of nitrogens with zero attached hydrogens (tertiary/aromatic N) is 4. The molecule has 5 nitrogen and oxygen atoms in total. The van der Waals surface area contributed by atoms with E-state index in [1.54, 1.807) is 0 Å². The molecule has 0 unspecified atom stereocenters. The van der Waals surface area contributed by atoms with Crippen LogP contribution in [0.5, 0.6) is 0 Å². The maximum atomic E-state index is 9.50. The van der Waals surface area contributed by atoms with Gasteiger partial charge in [0.25, 0.3) is 0 Å². The van der Waals surface area contributed by atoms with Crippen molar-refractivity contribution in [3.63, 3.8) is 0 Å². The molecule has 0 spiro atoms. The summed E-state index contributed by atoms with van der Waals surface area (Å²) in [6, 6.07) is 0. The van der Waals surface area contributed by atoms with Gasteiger partial charge in [0.1, 0.15) is 0 Å². The van der Waals surface area contributed by atoms with E-state index in [0.29, 0.717) is 7.18 Å². The number of hydrogen-bond acceptors (Lipinski definition) is 5. The summed E-state index contributed by atoms with van der Waals surface area (Å²) in [5.41, 5.74) is 0. The first-order valence-electron chi connectivity index (χ1n) is 4.61. The lowest BCUT2D eigenvalue weighted by Crippen LogP contribution is -2.21. The summed E-state index contributed by atoms with van der Waals surface area (Å²) in [5, 5.41) is 23.2. The number of halogens is 1. The lowest BCUT2D eigenvalue weighted by atomic mass is 9.74. The molecule has 0 aromatic heterocycles. The Labute approximate surface area is 96.1 Å². The second-order valence-corrected chi connectivity index (χ2v) is 2.76. The molecule has 0 atom stereocenters. The fraction of sp³-hybridized carbons (Fsp3) is 0.556. The molecule has 0 radical (unpaired) electrons. The van der Waals surface area contributed by atoms with Crippen LogP contribution in [0.1, 0.15) is 6.92 Å². The van der Waals surface area contributed by atoms with Crippen LogP contribution in [0.3, 0.4) is 0 Å². The molecule has 1 rings (SSSR count). The van der Waals surface area contributed by atoms with Gasteiger partial charge in [-0.05, 0) is 6.92 Å². The summed E-state index contributed by atoms with van der Waals surface area (Å²) in [5.74, 6) is 2.62. The van der Waals surface area contributed by atoms with Gasteiger partial charge in [0.2, 0.25) is 0 Å². The smallest absolute Gasteiger partial charge is 0.427 e. The second kappa shape index (κ2) is 11.4. The molecule has 1 heterocycles. The van der Waals surface area contributed by atoms with Crippen LogP contribution in [-0.4, -0.2) is 49.2 Å². The number of alkyl halides is 1. The molecule has 88 valence electrons. The predicted molar refractivity (Wildman–Crippen MR) is 60.4 cm³/mol. The zero-order chi connectivity index (χ0) is 13.0. The Bertz CT molecular complexity index is 260. The van der Waals surface area contributed by atoms with Crippen LogP contribution in [0.4, 0.5) is 4.39 Å². The van der Waals surface area contributed by atoms with Gasteiger partial charge in [0, 0.05) is 26.0 Å². The van der Waals surface area contributed by atoms with Crippen molar-refractivity contribution >= 4 is 6.92 Å². The zero-order valence-electron chi connectivity index (χ0n) is 9.76. The minimum absolute atomic E-state index is 0.500. The summed E-state index contributed by atoms with van der Waals surface area (Å²) in [7, 11) is 2.58. The standard InChI is InChI=1S/C6H12N2.C2HBN2O.CH3F/c1-3-8-5-4-7(2)6-8;4-1-3(6)2-5;1-2/h4-5H,3,6H2,1-2H3;6H;1H3. The van der Waals surface area contributed by atoms with Crippen molar-refractivity contribution in [2.24, 2.45) is 0 Å². The topological polar surface area (TPSA) is 74.3 Å². The number of nitriles is 2. The fourth-order valence-electron chi connectivity index (χ4n) is 0.823. The molecule has 0 saturated heterocycles. The van der Waals surface area contributed by atoms with E-state index >= 15 is 0 Å². The molecule has 0 fully saturated rings. The molecule has 0 saturated carbocycles. The maximum Gasteiger partial charge on any atom is 0.526 e. The van der Waals surface area contributed by atoms with Gasteiger partial charge in [-0.2, -0.15) is 0 Å². The minimum atomic E-state index is -1.45. The molecule has 0 aromatic carbocycles. The minimum Gasteiger partial charge on any atom is -0.427 e. The van der Waals surface area contributed by atoms with Gasteiger partial charge in [-0.3, -0.25) is 4.39 Å². The number of rotatable bonds is 1. The number of hydrogen-bond donors (Lipinski definition) is 1. The van der Waals surface area contributed by atoms with Gasteiger partial charge < -0.3 is 14.8 Å². The van der Waals surface area contributed by atoms with E-state index in [1.807, 2.05) is 0 Å². The van der Waals surface area contributed by atoms with Crippen LogP contribution in [0, 0.1) is 22.5 Å². The lowest BCUT2D eigenvalue weighted by Gasteiger charge is -2.14. The van der Waals surface area contributed by atoms with Crippen LogP contribution >= 0.6 is 0 Å². The van der Waals surface area contributed by atoms with Crippen LogP contribution in [0.15, 0.2) is 12.4 Å². The highest BCUT2D eigenvalue weighted by molar-refractivity contribution is 6.66. The van der Waals surface area contributed by atoms with E-state index < -0.39 is 6.92 Å². The van der Waals surface area contributed by atoms with Crippen LogP contribution in [0.25, 0.3) is 0 Å². The third-order valence-corrected chi connectivity index (χ3v) is 1.59. The van der Waals surface area contributed by atoms with E-state index in [4.69, 9.17) is 15.5 Å². The highest BCUT2D eigenvalue weighted by Gasteiger charge is 2.04. The normalized spacial score (nSPS) is 11.4. The van der Waals surface area contributed by atoms with Crippen molar-refractivity contribution in [3.8, 4) is 11.9 Å². The van der Waals surface area contributed by atoms with Crippen molar-refractivity contribution in [3.05, 3.63) is 12.4 Å². The van der Waals surface area contributed by atoms with Gasteiger partial charge in [-0.25, -0.2) is 10.5 Å². The van der Waals surface area contributed by atoms with Crippen molar-refractivity contribution in [2.75, 3.05) is 27.4 Å². The lowest BCUT2D eigenvalue weighted by molar-refractivity contribution is 0.308. The Morgan fingerprint density at radius 1 is 1.38 bits per heavy atom. The van der Waals surface area contributed by atoms with Crippen molar-refractivity contribution in [1.82, 2.24) is 9.80 Å². The van der Waals surface area contributed by atoms with E-state index in [2.05, 4.69) is 36.2 Å². The summed E-state index contributed by atoms with van der Waals surface area (Å²) in [6.45, 7) is 2.87. The Morgan fingerprint density at radius 2 is 1.88 bits per heavy atom. The molecule has 1 aliphatic heterocycles. The van der Waals surface area contributed by atoms with Crippen molar-refractivity contribution in [1.29, 1.82) is 10.5 Å². The third-order valence-electron chi connectivity index (χ3n) is 1.59. The van der Waals surface area contributed by atoms with Gasteiger partial charge in [-0.15, -0.1) is 0 Å². The van der Waals surface area contributed by atoms with Gasteiger partial charge >= 0.3 is 6.92 Å². The Hall–Kier alpha value is -1.73. The molecule has 16 heavy (non-hydrogen) atoms. The van der Waals surface area contributed by atoms with Crippen LogP contribution < -0.4 is 0 Å². The SMILES string of the molecule is CCN1C=CN(C)C1.CF.N#CB(O)C#N. The average molecular weight is 226 g/mol. The zero-order valence-corrected chi connectivity index (χ0v) is 9.76. The molecule has 0 amide bonds. The Morgan fingerprint density at radius 3 is 2.00 bits per heavy atom. The first-order chi connectivity index (χ1) is 7.63. The fourth-order valence-corrected chi connectivity index (χ4v) is 0.823. The molecule has 1 N–H and O–H groups in total. The Kier molecular flexibility index (Phi) is 11.8. The first-order valence-corrected chi connectivity index (χ1v) is 4.61. The highest BCUT2D eigenvalue weighted by atomic mass is 19.1. The van der Waals surface area contributed by atoms with Crippen molar-refractivity contribution in [2.45, 2.75) is 6.92 Å². The Balaban J connectivity index is 0. The molecular formula is C9H16BFN4O. The highest BCUT2D eigenvalue weighted by Crippen LogP contribution is 2.00. The predicted octanol–water partition coefficient (Wildman–Crippen LogP) is 0.364. The first kappa shape index (κ1) is 16.7. The third kappa shape index (κ3) is 8.85. The molecule has 7 heteroatoms. The van der Waals surface area contributed by atoms with Gasteiger partial charge in [-0.1, -0.05) is 0 Å². The molecule has 0 bridgehead atoms. The monoisotopic (exact) mass is 226 g/mol. The molecule has 1 aliphatic rings. The average Bonchev–Trinajstić information content (AvgIpc) is 2.77. The van der Waals surface area contributed by atoms with E-state index in [1.165, 1.54) is 11.9 Å². The molecular weight excluding hydrogens is 210 g/mol. The summed E-state index contributed by atoms with van der Waals surface area (Å²) in [4.78, 5) is 4.41. The summed E-state index contributed by atoms with van der Waals surface area (Å²) >= 11 is 0. The summed E-state index contributed by atoms with van der Waals surface area (Å²) < 4.78 is 9.50. The van der Waals surface area contributed by atoms with E-state index in [-0.39, 0.29) is 0 Å². The van der Waals surface area contributed by atoms with Gasteiger partial charge in [0.15, 0.2) is 0 Å². The largest absolute Gasteiger partial charge is 0.526 e. The molecule has 0 aliphatic carbocycles. The van der Waals surface area contributed by atoms with Crippen LogP contribution in [-0.2, 0) is 0 Å². The van der Waals surface area contributed by atoms with Gasteiger partial charge in [0.05, 0.1) is 25.8 Å². The second-order valence-electron chi connectivity index (χ2n) is 2.76. The summed E-state index contributed by atoms with van der Waals surface area (Å²) in [6.07, 6.45) is 4.20. The maximum absolute atomic E-state index is 9.50. The van der Waals surface area contributed by atoms with E-state index in [0.717, 1.165) is 13.2 Å².